The number of hydrogen-bond acceptors (Lipinski definition) is 4. The summed E-state index contributed by atoms with van der Waals surface area (Å²) in [6.45, 7) is 4.06. The van der Waals surface area contributed by atoms with E-state index < -0.39 is 22.7 Å². The number of halogens is 2. The summed E-state index contributed by atoms with van der Waals surface area (Å²) < 4.78 is 23.7. The largest absolute Gasteiger partial charge is 0.348 e. The summed E-state index contributed by atoms with van der Waals surface area (Å²) >= 11 is 5.63. The molecule has 5 nitrogen and oxygen atoms in total. The van der Waals surface area contributed by atoms with Crippen molar-refractivity contribution < 1.29 is 18.8 Å². The van der Waals surface area contributed by atoms with E-state index >= 15 is 0 Å². The number of nitro groups is 1. The molecule has 7 heteroatoms. The first kappa shape index (κ1) is 14.8. The lowest BCUT2D eigenvalue weighted by molar-refractivity contribution is -0.387. The van der Waals surface area contributed by atoms with E-state index in [2.05, 4.69) is 0 Å². The molecule has 0 aromatic heterocycles. The average molecular weight is 278 g/mol. The Hall–Kier alpha value is -1.24. The number of nitrogens with zero attached hydrogens (tertiary/aromatic N) is 1. The van der Waals surface area contributed by atoms with Crippen LogP contribution in [0, 0.1) is 15.9 Å². The van der Waals surface area contributed by atoms with E-state index in [1.54, 1.807) is 13.8 Å². The lowest BCUT2D eigenvalue weighted by Crippen LogP contribution is -2.11. The summed E-state index contributed by atoms with van der Waals surface area (Å²) in [5, 5.41) is 10.7. The van der Waals surface area contributed by atoms with Crippen molar-refractivity contribution in [3.8, 4) is 0 Å². The fraction of sp³-hybridized carbons (Fsp3) is 0.455. The Labute approximate surface area is 109 Å². The Kier molecular flexibility index (Phi) is 5.46. The van der Waals surface area contributed by atoms with Crippen LogP contribution in [-0.4, -0.2) is 18.1 Å². The molecule has 1 aromatic rings. The van der Waals surface area contributed by atoms with Crippen LogP contribution in [0.2, 0.25) is 5.02 Å². The third-order valence-corrected chi connectivity index (χ3v) is 2.45. The third-order valence-electron chi connectivity index (χ3n) is 2.16. The van der Waals surface area contributed by atoms with Gasteiger partial charge in [-0.3, -0.25) is 10.1 Å². The Balaban J connectivity index is 3.25. The van der Waals surface area contributed by atoms with Crippen LogP contribution in [0.3, 0.4) is 0 Å². The fourth-order valence-electron chi connectivity index (χ4n) is 1.43. The second-order valence-corrected chi connectivity index (χ2v) is 3.73. The molecule has 0 heterocycles. The van der Waals surface area contributed by atoms with E-state index in [0.717, 1.165) is 12.1 Å². The van der Waals surface area contributed by atoms with Crippen LogP contribution in [-0.2, 0) is 9.47 Å². The van der Waals surface area contributed by atoms with Crippen LogP contribution >= 0.6 is 11.6 Å². The highest BCUT2D eigenvalue weighted by Crippen LogP contribution is 2.32. The minimum atomic E-state index is -0.932. The molecule has 0 fully saturated rings. The van der Waals surface area contributed by atoms with Gasteiger partial charge in [0.1, 0.15) is 5.82 Å². The van der Waals surface area contributed by atoms with E-state index in [0.29, 0.717) is 13.2 Å². The molecule has 0 saturated heterocycles. The minimum absolute atomic E-state index is 0.107. The van der Waals surface area contributed by atoms with Gasteiger partial charge in [-0.15, -0.1) is 0 Å². The summed E-state index contributed by atoms with van der Waals surface area (Å²) in [7, 11) is 0. The van der Waals surface area contributed by atoms with Crippen molar-refractivity contribution in [1.82, 2.24) is 0 Å². The van der Waals surface area contributed by atoms with Crippen molar-refractivity contribution in [3.63, 3.8) is 0 Å². The number of ether oxygens (including phenoxy) is 2. The molecular formula is C11H13ClFNO4. The Bertz CT molecular complexity index is 435. The topological polar surface area (TPSA) is 61.6 Å². The third kappa shape index (κ3) is 3.38. The average Bonchev–Trinajstić information content (AvgIpc) is 2.31. The number of hydrogen-bond donors (Lipinski definition) is 0. The highest BCUT2D eigenvalue weighted by Gasteiger charge is 2.25. The molecule has 0 aliphatic heterocycles. The lowest BCUT2D eigenvalue weighted by atomic mass is 10.1. The van der Waals surface area contributed by atoms with E-state index in [9.17, 15) is 14.5 Å². The van der Waals surface area contributed by atoms with Crippen molar-refractivity contribution in [2.45, 2.75) is 20.1 Å². The van der Waals surface area contributed by atoms with Crippen molar-refractivity contribution in [2.24, 2.45) is 0 Å². The molecule has 18 heavy (non-hydrogen) atoms. The predicted molar refractivity (Wildman–Crippen MR) is 64.1 cm³/mol. The zero-order valence-electron chi connectivity index (χ0n) is 9.98. The van der Waals surface area contributed by atoms with Gasteiger partial charge in [0.25, 0.3) is 5.69 Å². The Morgan fingerprint density at radius 2 is 1.94 bits per heavy atom. The van der Waals surface area contributed by atoms with Gasteiger partial charge in [-0.05, 0) is 19.9 Å². The maximum absolute atomic E-state index is 13.2. The van der Waals surface area contributed by atoms with Gasteiger partial charge in [0.2, 0.25) is 0 Å². The van der Waals surface area contributed by atoms with Crippen LogP contribution < -0.4 is 0 Å². The normalized spacial score (nSPS) is 10.9. The standard InChI is InChI=1S/C11H13ClFNO4/c1-3-17-11(18-4-2)7-5-8(12)9(13)6-10(7)14(15)16/h5-6,11H,3-4H2,1-2H3. The molecule has 0 saturated carbocycles. The van der Waals surface area contributed by atoms with Crippen molar-refractivity contribution in [1.29, 1.82) is 0 Å². The van der Waals surface area contributed by atoms with Gasteiger partial charge in [0, 0.05) is 13.2 Å². The smallest absolute Gasteiger partial charge is 0.280 e. The highest BCUT2D eigenvalue weighted by atomic mass is 35.5. The summed E-state index contributed by atoms with van der Waals surface area (Å²) in [5.41, 5.74) is -0.307. The van der Waals surface area contributed by atoms with Crippen LogP contribution in [0.5, 0.6) is 0 Å². The van der Waals surface area contributed by atoms with Gasteiger partial charge >= 0.3 is 0 Å². The highest BCUT2D eigenvalue weighted by molar-refractivity contribution is 6.30. The Morgan fingerprint density at radius 3 is 2.39 bits per heavy atom. The number of rotatable bonds is 6. The molecule has 0 radical (unpaired) electrons. The first-order valence-electron chi connectivity index (χ1n) is 5.37. The van der Waals surface area contributed by atoms with Gasteiger partial charge in [-0.25, -0.2) is 4.39 Å². The monoisotopic (exact) mass is 277 g/mol. The predicted octanol–water partition coefficient (Wildman–Crippen LogP) is 3.46. The van der Waals surface area contributed by atoms with Gasteiger partial charge in [-0.2, -0.15) is 0 Å². The summed E-state index contributed by atoms with van der Waals surface area (Å²) in [5.74, 6) is -0.848. The molecule has 0 unspecified atom stereocenters. The number of benzene rings is 1. The van der Waals surface area contributed by atoms with Gasteiger partial charge in [0.15, 0.2) is 6.29 Å². The first-order valence-corrected chi connectivity index (χ1v) is 5.75. The number of nitro benzene ring substituents is 1. The molecule has 0 amide bonds. The van der Waals surface area contributed by atoms with Gasteiger partial charge in [-0.1, -0.05) is 11.6 Å². The maximum Gasteiger partial charge on any atom is 0.280 e. The second-order valence-electron chi connectivity index (χ2n) is 3.32. The van der Waals surface area contributed by atoms with Crippen LogP contribution in [0.4, 0.5) is 10.1 Å². The summed E-state index contributed by atoms with van der Waals surface area (Å²) in [6.07, 6.45) is -0.932. The fourth-order valence-corrected chi connectivity index (χ4v) is 1.60. The second kappa shape index (κ2) is 6.63. The van der Waals surface area contributed by atoms with Crippen molar-refractivity contribution >= 4 is 17.3 Å². The molecule has 0 N–H and O–H groups in total. The minimum Gasteiger partial charge on any atom is -0.348 e. The maximum atomic E-state index is 13.2. The quantitative estimate of drug-likeness (QED) is 0.454. The molecule has 1 rings (SSSR count). The Morgan fingerprint density at radius 1 is 1.39 bits per heavy atom. The molecule has 0 atom stereocenters. The van der Waals surface area contributed by atoms with E-state index in [4.69, 9.17) is 21.1 Å². The summed E-state index contributed by atoms with van der Waals surface area (Å²) in [4.78, 5) is 10.2. The van der Waals surface area contributed by atoms with E-state index in [1.807, 2.05) is 0 Å². The molecule has 100 valence electrons. The molecular weight excluding hydrogens is 265 g/mol. The first-order chi connectivity index (χ1) is 8.51. The molecule has 0 bridgehead atoms. The molecule has 0 aliphatic carbocycles. The van der Waals surface area contributed by atoms with Gasteiger partial charge in [0.05, 0.1) is 21.6 Å². The molecule has 0 aliphatic rings. The van der Waals surface area contributed by atoms with E-state index in [-0.39, 0.29) is 10.6 Å². The molecule has 0 spiro atoms. The van der Waals surface area contributed by atoms with Crippen LogP contribution in [0.1, 0.15) is 25.7 Å². The van der Waals surface area contributed by atoms with Crippen LogP contribution in [0.25, 0.3) is 0 Å². The van der Waals surface area contributed by atoms with E-state index in [1.165, 1.54) is 0 Å². The summed E-state index contributed by atoms with van der Waals surface area (Å²) in [6, 6.07) is 1.92. The zero-order chi connectivity index (χ0) is 13.7. The SMILES string of the molecule is CCOC(OCC)c1cc(Cl)c(F)cc1[N+](=O)[O-]. The van der Waals surface area contributed by atoms with Crippen LogP contribution in [0.15, 0.2) is 12.1 Å². The zero-order valence-corrected chi connectivity index (χ0v) is 10.7. The molecule has 1 aromatic carbocycles. The van der Waals surface area contributed by atoms with Gasteiger partial charge < -0.3 is 9.47 Å². The lowest BCUT2D eigenvalue weighted by Gasteiger charge is -2.17. The van der Waals surface area contributed by atoms with Crippen molar-refractivity contribution in [3.05, 3.63) is 38.7 Å². The van der Waals surface area contributed by atoms with Crippen molar-refractivity contribution in [2.75, 3.05) is 13.2 Å².